The molecule has 6 nitrogen and oxygen atoms in total. The van der Waals surface area contributed by atoms with Crippen molar-refractivity contribution in [3.63, 3.8) is 0 Å². The average molecular weight is 528 g/mol. The number of methoxy groups -OCH3 is 1. The summed E-state index contributed by atoms with van der Waals surface area (Å²) < 4.78 is 19.0. The zero-order valence-electron chi connectivity index (χ0n) is 24.9. The van der Waals surface area contributed by atoms with Crippen LogP contribution in [0.15, 0.2) is 41.1 Å². The Hall–Kier alpha value is -1.76. The van der Waals surface area contributed by atoms with Gasteiger partial charge in [-0.2, -0.15) is 0 Å². The number of carbonyl (C=O) groups is 1. The van der Waals surface area contributed by atoms with Crippen molar-refractivity contribution in [2.24, 2.45) is 45.4 Å². The van der Waals surface area contributed by atoms with Gasteiger partial charge in [0.1, 0.15) is 17.8 Å². The lowest BCUT2D eigenvalue weighted by Gasteiger charge is -2.57. The number of ether oxygens (including phenoxy) is 3. The Balaban J connectivity index is 1.94. The summed E-state index contributed by atoms with van der Waals surface area (Å²) in [5.41, 5.74) is -1.87. The van der Waals surface area contributed by atoms with E-state index in [1.54, 1.807) is 13.3 Å². The normalized spacial score (nSPS) is 41.9. The van der Waals surface area contributed by atoms with Crippen LogP contribution in [0.2, 0.25) is 0 Å². The Labute approximate surface area is 229 Å². The van der Waals surface area contributed by atoms with E-state index in [1.807, 2.05) is 39.8 Å². The van der Waals surface area contributed by atoms with Gasteiger partial charge in [-0.1, -0.05) is 58.9 Å². The molecule has 1 N–H and O–H groups in total. The number of nitrogens with zero attached hydrogens (tertiary/aromatic N) is 1. The smallest absolute Gasteiger partial charge is 0.188 e. The monoisotopic (exact) mass is 527 g/mol. The van der Waals surface area contributed by atoms with Gasteiger partial charge in [-0.3, -0.25) is 4.79 Å². The summed E-state index contributed by atoms with van der Waals surface area (Å²) in [5, 5.41) is 13.2. The maximum absolute atomic E-state index is 14.9. The summed E-state index contributed by atoms with van der Waals surface area (Å²) in [5.74, 6) is 0.774. The molecule has 6 heteroatoms. The number of hydrogen-bond acceptors (Lipinski definition) is 6. The number of hydrogen-bond donors (Lipinski definition) is 1. The minimum Gasteiger partial charge on any atom is -0.474 e. The molecule has 4 aliphatic carbocycles. The quantitative estimate of drug-likeness (QED) is 0.241. The maximum atomic E-state index is 14.9. The number of allylic oxidation sites excluding steroid dienone is 2. The molecule has 0 aromatic heterocycles. The highest BCUT2D eigenvalue weighted by atomic mass is 16.5. The van der Waals surface area contributed by atoms with E-state index in [4.69, 9.17) is 14.2 Å². The first-order valence-electron chi connectivity index (χ1n) is 14.6. The SMILES string of the molecule is C/C=C\N=C(CCC)O[C@H]1C(C)C=C[C@]23C(=O)[C@@H](C=C(COC(C)C)[C@@H](OC)[C@]12O)C1C(C[C@H]3C)C1(C)C. The lowest BCUT2D eigenvalue weighted by Crippen LogP contribution is -2.71. The van der Waals surface area contributed by atoms with Gasteiger partial charge in [0.05, 0.1) is 18.1 Å². The van der Waals surface area contributed by atoms with E-state index in [0.717, 1.165) is 18.4 Å². The van der Waals surface area contributed by atoms with Crippen LogP contribution in [-0.4, -0.2) is 54.4 Å². The van der Waals surface area contributed by atoms with Crippen molar-refractivity contribution in [2.45, 2.75) is 98.6 Å². The molecular weight excluding hydrogens is 478 g/mol. The third kappa shape index (κ3) is 4.35. The first-order valence-corrected chi connectivity index (χ1v) is 14.6. The Kier molecular flexibility index (Phi) is 8.20. The molecule has 1 spiro atoms. The van der Waals surface area contributed by atoms with Crippen LogP contribution in [0.5, 0.6) is 0 Å². The highest BCUT2D eigenvalue weighted by molar-refractivity contribution is 5.94. The molecule has 0 aliphatic heterocycles. The molecule has 2 fully saturated rings. The van der Waals surface area contributed by atoms with Gasteiger partial charge >= 0.3 is 0 Å². The predicted molar refractivity (Wildman–Crippen MR) is 151 cm³/mol. The fourth-order valence-corrected chi connectivity index (χ4v) is 7.94. The molecule has 38 heavy (non-hydrogen) atoms. The lowest BCUT2D eigenvalue weighted by atomic mass is 9.52. The second kappa shape index (κ2) is 10.7. The van der Waals surface area contributed by atoms with Crippen LogP contribution in [0.1, 0.15) is 74.7 Å². The molecule has 3 unspecified atom stereocenters. The average Bonchev–Trinajstić information content (AvgIpc) is 3.43. The van der Waals surface area contributed by atoms with Gasteiger partial charge in [0.15, 0.2) is 11.7 Å². The van der Waals surface area contributed by atoms with Crippen molar-refractivity contribution in [1.29, 1.82) is 0 Å². The molecule has 212 valence electrons. The molecule has 0 saturated heterocycles. The molecule has 9 atom stereocenters. The molecular formula is C32H49NO5. The van der Waals surface area contributed by atoms with Crippen LogP contribution >= 0.6 is 0 Å². The number of Topliss-reactive ketones (excluding diaryl/α,β-unsaturated/α-hetero) is 1. The van der Waals surface area contributed by atoms with Crippen LogP contribution in [0.3, 0.4) is 0 Å². The summed E-state index contributed by atoms with van der Waals surface area (Å²) in [4.78, 5) is 19.4. The number of carbonyl (C=O) groups excluding carboxylic acids is 1. The van der Waals surface area contributed by atoms with E-state index in [-0.39, 0.29) is 41.0 Å². The standard InChI is InChI=1S/C32H49NO5/c1-10-12-25(33-15-11-2)38-28-20(5)13-14-31-21(6)16-24-26(30(24,7)8)23(27(31)34)17-22(18-37-19(3)4)29(36-9)32(28,31)35/h11,13-15,17,19-21,23-24,26,28-29,35H,10,12,16,18H2,1-9H3/b15-11-,33-25?/t20?,21-,23+,24?,26?,28+,29-,31+,32-/m1/s1. The van der Waals surface area contributed by atoms with Crippen LogP contribution in [0.4, 0.5) is 0 Å². The van der Waals surface area contributed by atoms with Crippen molar-refractivity contribution in [2.75, 3.05) is 13.7 Å². The van der Waals surface area contributed by atoms with Gasteiger partial charge in [0.25, 0.3) is 0 Å². The van der Waals surface area contributed by atoms with Gasteiger partial charge in [0, 0.05) is 31.6 Å². The maximum Gasteiger partial charge on any atom is 0.188 e. The van der Waals surface area contributed by atoms with E-state index < -0.39 is 23.2 Å². The lowest BCUT2D eigenvalue weighted by molar-refractivity contribution is -0.219. The fourth-order valence-electron chi connectivity index (χ4n) is 7.94. The summed E-state index contributed by atoms with van der Waals surface area (Å²) in [7, 11) is 1.63. The van der Waals surface area contributed by atoms with Gasteiger partial charge in [-0.15, -0.1) is 0 Å². The van der Waals surface area contributed by atoms with E-state index in [0.29, 0.717) is 24.8 Å². The van der Waals surface area contributed by atoms with Crippen molar-refractivity contribution in [1.82, 2.24) is 0 Å². The first-order chi connectivity index (χ1) is 17.9. The van der Waals surface area contributed by atoms with Crippen LogP contribution in [0.25, 0.3) is 0 Å². The zero-order valence-corrected chi connectivity index (χ0v) is 24.9. The fraction of sp³-hybridized carbons (Fsp3) is 0.750. The summed E-state index contributed by atoms with van der Waals surface area (Å²) in [6.45, 7) is 17.0. The highest BCUT2D eigenvalue weighted by Gasteiger charge is 2.75. The Bertz CT molecular complexity index is 1020. The van der Waals surface area contributed by atoms with Crippen LogP contribution < -0.4 is 0 Å². The van der Waals surface area contributed by atoms with Crippen molar-refractivity contribution in [3.05, 3.63) is 36.1 Å². The van der Waals surface area contributed by atoms with Crippen LogP contribution in [-0.2, 0) is 19.0 Å². The third-order valence-electron chi connectivity index (χ3n) is 9.90. The minimum absolute atomic E-state index is 0.00324. The minimum atomic E-state index is -1.64. The molecule has 0 heterocycles. The Morgan fingerprint density at radius 2 is 2.00 bits per heavy atom. The second-order valence-corrected chi connectivity index (χ2v) is 12.9. The predicted octanol–water partition coefficient (Wildman–Crippen LogP) is 5.90. The number of ketones is 1. The summed E-state index contributed by atoms with van der Waals surface area (Å²) >= 11 is 0. The second-order valence-electron chi connectivity index (χ2n) is 12.9. The highest BCUT2D eigenvalue weighted by Crippen LogP contribution is 2.71. The van der Waals surface area contributed by atoms with Gasteiger partial charge in [0.2, 0.25) is 0 Å². The zero-order chi connectivity index (χ0) is 28.0. The number of fused-ring (bicyclic) bond motifs is 3. The van der Waals surface area contributed by atoms with Gasteiger partial charge < -0.3 is 19.3 Å². The number of aliphatic hydroxyl groups is 1. The molecule has 0 aromatic rings. The van der Waals surface area contributed by atoms with Gasteiger partial charge in [-0.25, -0.2) is 4.99 Å². The molecule has 0 radical (unpaired) electrons. The molecule has 0 amide bonds. The molecule has 0 aromatic carbocycles. The van der Waals surface area contributed by atoms with Crippen molar-refractivity contribution >= 4 is 11.7 Å². The number of rotatable bonds is 8. The third-order valence-corrected chi connectivity index (χ3v) is 9.90. The molecule has 4 rings (SSSR count). The van der Waals surface area contributed by atoms with E-state index >= 15 is 0 Å². The summed E-state index contributed by atoms with van der Waals surface area (Å²) in [6, 6.07) is 0. The summed E-state index contributed by atoms with van der Waals surface area (Å²) in [6.07, 6.45) is 10.7. The van der Waals surface area contributed by atoms with Crippen molar-refractivity contribution < 1.29 is 24.1 Å². The van der Waals surface area contributed by atoms with Crippen molar-refractivity contribution in [3.8, 4) is 0 Å². The largest absolute Gasteiger partial charge is 0.474 e. The first kappa shape index (κ1) is 29.2. The van der Waals surface area contributed by atoms with Crippen LogP contribution in [0, 0.1) is 40.4 Å². The molecule has 4 aliphatic rings. The van der Waals surface area contributed by atoms with E-state index in [1.165, 1.54) is 0 Å². The van der Waals surface area contributed by atoms with Gasteiger partial charge in [-0.05, 0) is 62.4 Å². The molecule has 2 saturated carbocycles. The van der Waals surface area contributed by atoms with E-state index in [9.17, 15) is 9.90 Å². The Morgan fingerprint density at radius 3 is 2.61 bits per heavy atom. The topological polar surface area (TPSA) is 77.4 Å². The van der Waals surface area contributed by atoms with E-state index in [2.05, 4.69) is 44.8 Å². The number of aliphatic imine (C=N–C) groups is 1. The Morgan fingerprint density at radius 1 is 1.29 bits per heavy atom. The molecule has 2 bridgehead atoms.